The van der Waals surface area contributed by atoms with Crippen LogP contribution >= 0.6 is 11.9 Å². The molecule has 0 aliphatic carbocycles. The Morgan fingerprint density at radius 1 is 1.14 bits per heavy atom. The van der Waals surface area contributed by atoms with Gasteiger partial charge in [0.25, 0.3) is 11.8 Å². The number of β-lactam (4-membered cyclic amide) rings is 1. The number of hydrogen-bond donors (Lipinski definition) is 1. The number of hydrogen-bond acceptors (Lipinski definition) is 7. The first-order valence-electron chi connectivity index (χ1n) is 8.66. The maximum absolute atomic E-state index is 12.7. The molecule has 1 aromatic carbocycles. The van der Waals surface area contributed by atoms with Gasteiger partial charge in [-0.1, -0.05) is 18.7 Å². The van der Waals surface area contributed by atoms with Gasteiger partial charge in [-0.15, -0.1) is 0 Å². The molecule has 1 N–H and O–H groups in total. The van der Waals surface area contributed by atoms with Gasteiger partial charge in [0.1, 0.15) is 11.4 Å². The van der Waals surface area contributed by atoms with Crippen LogP contribution in [0.1, 0.15) is 34.6 Å². The van der Waals surface area contributed by atoms with Crippen LogP contribution < -0.4 is 5.32 Å². The van der Waals surface area contributed by atoms with E-state index in [-0.39, 0.29) is 11.1 Å². The Bertz CT molecular complexity index is 911. The fourth-order valence-electron chi connectivity index (χ4n) is 3.26. The predicted molar refractivity (Wildman–Crippen MR) is 103 cm³/mol. The molecule has 0 radical (unpaired) electrons. The van der Waals surface area contributed by atoms with Gasteiger partial charge in [-0.3, -0.25) is 19.2 Å². The highest BCUT2D eigenvalue weighted by molar-refractivity contribution is 7.98. The van der Waals surface area contributed by atoms with Crippen LogP contribution in [0.3, 0.4) is 0 Å². The number of nitrogens with one attached hydrogen (secondary N) is 1. The smallest absolute Gasteiger partial charge is 0.332 e. The number of nitrogens with zero attached hydrogens (tertiary/aromatic N) is 2. The lowest BCUT2D eigenvalue weighted by molar-refractivity contribution is -0.161. The number of likely N-dealkylation sites (tertiary alicyclic amines) is 1. The van der Waals surface area contributed by atoms with Gasteiger partial charge in [0.05, 0.1) is 18.2 Å². The highest BCUT2D eigenvalue weighted by atomic mass is 32.2. The van der Waals surface area contributed by atoms with Crippen LogP contribution in [-0.4, -0.2) is 63.4 Å². The monoisotopic (exact) mass is 417 g/mol. The van der Waals surface area contributed by atoms with E-state index >= 15 is 0 Å². The van der Waals surface area contributed by atoms with Gasteiger partial charge in [0, 0.05) is 6.92 Å². The van der Waals surface area contributed by atoms with Crippen molar-refractivity contribution < 1.29 is 28.7 Å². The normalized spacial score (nSPS) is 21.4. The number of carbonyl (C=O) groups excluding carboxylic acids is 5. The maximum atomic E-state index is 12.7. The van der Waals surface area contributed by atoms with Crippen molar-refractivity contribution in [3.8, 4) is 0 Å². The van der Waals surface area contributed by atoms with Gasteiger partial charge >= 0.3 is 5.97 Å². The average molecular weight is 417 g/mol. The highest BCUT2D eigenvalue weighted by Crippen LogP contribution is 2.39. The van der Waals surface area contributed by atoms with Crippen molar-refractivity contribution in [1.29, 1.82) is 0 Å². The number of imide groups is 1. The lowest BCUT2D eigenvalue weighted by Gasteiger charge is -2.49. The van der Waals surface area contributed by atoms with Gasteiger partial charge in [0.15, 0.2) is 6.04 Å². The molecule has 0 saturated carbocycles. The van der Waals surface area contributed by atoms with E-state index in [4.69, 9.17) is 4.74 Å². The summed E-state index contributed by atoms with van der Waals surface area (Å²) in [4.78, 5) is 63.0. The van der Waals surface area contributed by atoms with Crippen molar-refractivity contribution in [2.45, 2.75) is 31.3 Å². The summed E-state index contributed by atoms with van der Waals surface area (Å²) in [5.41, 5.74) is 0.852. The minimum atomic E-state index is -1.11. The van der Waals surface area contributed by atoms with Crippen LogP contribution in [0.5, 0.6) is 0 Å². The van der Waals surface area contributed by atoms with Crippen molar-refractivity contribution in [3.63, 3.8) is 0 Å². The molecule has 3 atom stereocenters. The number of amides is 4. The standard InChI is InChI=1S/C19H19N3O6S/c1-9(2)14(19(27)28-4)21-17(26)13(20-10(3)23)18(21)29-22-15(24)11-7-5-6-8-12(11)16(22)25/h5-8,13-14,18H,1H2,2-4H3,(H,20,23). The number of methoxy groups -OCH3 is 1. The van der Waals surface area contributed by atoms with Crippen LogP contribution in [0.15, 0.2) is 36.4 Å². The fraction of sp³-hybridized carbons (Fsp3) is 0.316. The summed E-state index contributed by atoms with van der Waals surface area (Å²) in [5, 5.41) is 1.62. The van der Waals surface area contributed by atoms with Gasteiger partial charge in [-0.25, -0.2) is 9.10 Å². The molecule has 1 saturated heterocycles. The molecule has 0 bridgehead atoms. The lowest BCUT2D eigenvalue weighted by Crippen LogP contribution is -2.73. The number of esters is 1. The molecule has 2 aliphatic rings. The van der Waals surface area contributed by atoms with E-state index < -0.39 is 47.1 Å². The Hall–Kier alpha value is -3.14. The summed E-state index contributed by atoms with van der Waals surface area (Å²) < 4.78 is 5.71. The van der Waals surface area contributed by atoms with E-state index in [1.54, 1.807) is 19.1 Å². The Balaban J connectivity index is 1.92. The Morgan fingerprint density at radius 3 is 2.14 bits per heavy atom. The molecule has 3 rings (SSSR count). The molecule has 10 heteroatoms. The zero-order chi connectivity index (χ0) is 21.5. The van der Waals surface area contributed by atoms with Crippen LogP contribution in [0.2, 0.25) is 0 Å². The number of ether oxygens (including phenoxy) is 1. The SMILES string of the molecule is C=C(C)C(C(=O)OC)N1C(=O)C(NC(C)=O)C1SN1C(=O)c2ccccc2C1=O. The summed E-state index contributed by atoms with van der Waals surface area (Å²) in [5.74, 6) is -2.75. The predicted octanol–water partition coefficient (Wildman–Crippen LogP) is 0.721. The Labute approximate surface area is 171 Å². The van der Waals surface area contributed by atoms with Crippen LogP contribution in [0.25, 0.3) is 0 Å². The molecule has 29 heavy (non-hydrogen) atoms. The second kappa shape index (κ2) is 7.70. The van der Waals surface area contributed by atoms with Gasteiger partial charge in [-0.2, -0.15) is 0 Å². The largest absolute Gasteiger partial charge is 0.467 e. The zero-order valence-electron chi connectivity index (χ0n) is 16.0. The molecule has 9 nitrogen and oxygen atoms in total. The second-order valence-corrected chi connectivity index (χ2v) is 7.70. The summed E-state index contributed by atoms with van der Waals surface area (Å²) in [6.45, 7) is 6.54. The van der Waals surface area contributed by atoms with Crippen molar-refractivity contribution >= 4 is 41.5 Å². The van der Waals surface area contributed by atoms with Gasteiger partial charge < -0.3 is 15.0 Å². The lowest BCUT2D eigenvalue weighted by atomic mass is 9.99. The third kappa shape index (κ3) is 3.39. The van der Waals surface area contributed by atoms with E-state index in [0.29, 0.717) is 5.57 Å². The number of fused-ring (bicyclic) bond motifs is 1. The third-order valence-corrected chi connectivity index (χ3v) is 5.84. The molecule has 3 unspecified atom stereocenters. The number of rotatable bonds is 6. The topological polar surface area (TPSA) is 113 Å². The number of carbonyl (C=O) groups is 5. The van der Waals surface area contributed by atoms with Crippen LogP contribution in [0.4, 0.5) is 0 Å². The second-order valence-electron chi connectivity index (χ2n) is 6.64. The molecule has 0 aromatic heterocycles. The first-order chi connectivity index (χ1) is 13.7. The minimum absolute atomic E-state index is 0.252. The van der Waals surface area contributed by atoms with Crippen molar-refractivity contribution in [2.24, 2.45) is 0 Å². The van der Waals surface area contributed by atoms with E-state index in [1.165, 1.54) is 31.1 Å². The summed E-state index contributed by atoms with van der Waals surface area (Å²) >= 11 is 0.778. The highest BCUT2D eigenvalue weighted by Gasteiger charge is 2.56. The molecule has 0 spiro atoms. The first kappa shape index (κ1) is 20.6. The Morgan fingerprint density at radius 2 is 1.69 bits per heavy atom. The average Bonchev–Trinajstić information content (AvgIpc) is 2.93. The van der Waals surface area contributed by atoms with Crippen molar-refractivity contribution in [1.82, 2.24) is 14.5 Å². The molecule has 1 aromatic rings. The molecule has 2 aliphatic heterocycles. The molecule has 4 amide bonds. The first-order valence-corrected chi connectivity index (χ1v) is 9.49. The molecular weight excluding hydrogens is 398 g/mol. The molecular formula is C19H19N3O6S. The van der Waals surface area contributed by atoms with E-state index in [9.17, 15) is 24.0 Å². The molecule has 1 fully saturated rings. The summed E-state index contributed by atoms with van der Waals surface area (Å²) in [6, 6.07) is 4.25. The number of benzene rings is 1. The van der Waals surface area contributed by atoms with Crippen LogP contribution in [-0.2, 0) is 19.1 Å². The van der Waals surface area contributed by atoms with E-state index in [1.807, 2.05) is 0 Å². The minimum Gasteiger partial charge on any atom is -0.467 e. The van der Waals surface area contributed by atoms with Gasteiger partial charge in [-0.05, 0) is 36.6 Å². The fourth-order valence-corrected chi connectivity index (χ4v) is 4.50. The van der Waals surface area contributed by atoms with E-state index in [2.05, 4.69) is 11.9 Å². The Kier molecular flexibility index (Phi) is 5.47. The third-order valence-electron chi connectivity index (χ3n) is 4.58. The summed E-state index contributed by atoms with van der Waals surface area (Å²) in [7, 11) is 1.18. The molecule has 2 heterocycles. The van der Waals surface area contributed by atoms with Crippen molar-refractivity contribution in [2.75, 3.05) is 7.11 Å². The summed E-state index contributed by atoms with van der Waals surface area (Å²) in [6.07, 6.45) is 0. The van der Waals surface area contributed by atoms with Crippen molar-refractivity contribution in [3.05, 3.63) is 47.5 Å². The maximum Gasteiger partial charge on any atom is 0.332 e. The zero-order valence-corrected chi connectivity index (χ0v) is 16.8. The van der Waals surface area contributed by atoms with Gasteiger partial charge in [0.2, 0.25) is 11.8 Å². The van der Waals surface area contributed by atoms with E-state index in [0.717, 1.165) is 16.3 Å². The van der Waals surface area contributed by atoms with Crippen LogP contribution in [0, 0.1) is 0 Å². The quantitative estimate of drug-likeness (QED) is 0.239. The molecule has 152 valence electrons.